The van der Waals surface area contributed by atoms with Gasteiger partial charge >= 0.3 is 0 Å². The van der Waals surface area contributed by atoms with Crippen LogP contribution in [0.3, 0.4) is 0 Å². The highest BCUT2D eigenvalue weighted by molar-refractivity contribution is 5.27. The minimum atomic E-state index is 0.575. The molecule has 2 heteroatoms. The van der Waals surface area contributed by atoms with Crippen molar-refractivity contribution < 1.29 is 4.74 Å². The van der Waals surface area contributed by atoms with Gasteiger partial charge in [0.1, 0.15) is 5.75 Å². The number of hydrogen-bond donors (Lipinski definition) is 1. The second-order valence-electron chi connectivity index (χ2n) is 4.00. The van der Waals surface area contributed by atoms with Crippen LogP contribution in [0.5, 0.6) is 5.75 Å². The lowest BCUT2D eigenvalue weighted by Gasteiger charge is -2.10. The van der Waals surface area contributed by atoms with Crippen LogP contribution in [-0.2, 0) is 0 Å². The Morgan fingerprint density at radius 3 is 2.87 bits per heavy atom. The van der Waals surface area contributed by atoms with Crippen molar-refractivity contribution in [2.24, 2.45) is 0 Å². The molecule has 0 saturated carbocycles. The number of hydrogen-bond acceptors (Lipinski definition) is 2. The van der Waals surface area contributed by atoms with Crippen LogP contribution >= 0.6 is 0 Å². The first-order chi connectivity index (χ1) is 7.22. The summed E-state index contributed by atoms with van der Waals surface area (Å²) in [6.45, 7) is 5.07. The van der Waals surface area contributed by atoms with Gasteiger partial charge < -0.3 is 10.1 Å². The molecule has 0 fully saturated rings. The fraction of sp³-hybridized carbons (Fsp3) is 0.538. The van der Waals surface area contributed by atoms with Gasteiger partial charge in [-0.2, -0.15) is 0 Å². The normalized spacial score (nSPS) is 12.5. The van der Waals surface area contributed by atoms with E-state index in [2.05, 4.69) is 31.3 Å². The summed E-state index contributed by atoms with van der Waals surface area (Å²) in [6, 6.07) is 8.76. The van der Waals surface area contributed by atoms with Gasteiger partial charge in [-0.3, -0.25) is 0 Å². The average molecular weight is 207 g/mol. The van der Waals surface area contributed by atoms with Gasteiger partial charge in [-0.15, -0.1) is 0 Å². The largest absolute Gasteiger partial charge is 0.494 e. The molecule has 0 bridgehead atoms. The average Bonchev–Trinajstić information content (AvgIpc) is 2.24. The van der Waals surface area contributed by atoms with Crippen molar-refractivity contribution in [1.29, 1.82) is 0 Å². The highest BCUT2D eigenvalue weighted by Gasteiger charge is 1.98. The van der Waals surface area contributed by atoms with E-state index in [1.807, 2.05) is 19.2 Å². The van der Waals surface area contributed by atoms with Crippen molar-refractivity contribution in [2.45, 2.75) is 32.7 Å². The molecular formula is C13H21NO. The molecule has 1 unspecified atom stereocenters. The van der Waals surface area contributed by atoms with Crippen LogP contribution in [0.1, 0.15) is 25.3 Å². The summed E-state index contributed by atoms with van der Waals surface area (Å²) in [4.78, 5) is 0. The van der Waals surface area contributed by atoms with Crippen molar-refractivity contribution in [3.05, 3.63) is 29.8 Å². The Morgan fingerprint density at radius 2 is 2.20 bits per heavy atom. The van der Waals surface area contributed by atoms with Crippen molar-refractivity contribution in [2.75, 3.05) is 13.7 Å². The maximum Gasteiger partial charge on any atom is 0.119 e. The number of ether oxygens (including phenoxy) is 1. The van der Waals surface area contributed by atoms with Crippen molar-refractivity contribution in [1.82, 2.24) is 5.32 Å². The molecule has 1 rings (SSSR count). The second-order valence-corrected chi connectivity index (χ2v) is 4.00. The minimum Gasteiger partial charge on any atom is -0.494 e. The van der Waals surface area contributed by atoms with E-state index < -0.39 is 0 Å². The highest BCUT2D eigenvalue weighted by atomic mass is 16.5. The molecule has 1 atom stereocenters. The van der Waals surface area contributed by atoms with Gasteiger partial charge in [0, 0.05) is 6.04 Å². The zero-order chi connectivity index (χ0) is 11.1. The summed E-state index contributed by atoms with van der Waals surface area (Å²) in [6.07, 6.45) is 2.25. The molecule has 0 heterocycles. The van der Waals surface area contributed by atoms with Gasteiger partial charge in [-0.05, 0) is 51.4 Å². The maximum atomic E-state index is 5.65. The molecule has 0 amide bonds. The monoisotopic (exact) mass is 207 g/mol. The summed E-state index contributed by atoms with van der Waals surface area (Å²) in [5.74, 6) is 0.979. The predicted octanol–water partition coefficient (Wildman–Crippen LogP) is 2.76. The molecule has 1 aromatic carbocycles. The van der Waals surface area contributed by atoms with Crippen LogP contribution in [0, 0.1) is 6.92 Å². The van der Waals surface area contributed by atoms with Crippen LogP contribution < -0.4 is 10.1 Å². The Labute approximate surface area is 92.6 Å². The predicted molar refractivity (Wildman–Crippen MR) is 64.4 cm³/mol. The smallest absolute Gasteiger partial charge is 0.119 e. The van der Waals surface area contributed by atoms with E-state index in [9.17, 15) is 0 Å². The third kappa shape index (κ3) is 4.84. The van der Waals surface area contributed by atoms with Crippen molar-refractivity contribution >= 4 is 0 Å². The first-order valence-corrected chi connectivity index (χ1v) is 5.59. The number of nitrogens with one attached hydrogen (secondary N) is 1. The van der Waals surface area contributed by atoms with E-state index in [0.717, 1.165) is 25.2 Å². The summed E-state index contributed by atoms with van der Waals surface area (Å²) < 4.78 is 5.65. The second kappa shape index (κ2) is 6.46. The Balaban J connectivity index is 2.20. The quantitative estimate of drug-likeness (QED) is 0.724. The van der Waals surface area contributed by atoms with Gasteiger partial charge in [-0.25, -0.2) is 0 Å². The van der Waals surface area contributed by atoms with Crippen molar-refractivity contribution in [3.8, 4) is 5.75 Å². The molecule has 84 valence electrons. The summed E-state index contributed by atoms with van der Waals surface area (Å²) >= 11 is 0. The third-order valence-corrected chi connectivity index (χ3v) is 2.53. The zero-order valence-electron chi connectivity index (χ0n) is 9.92. The fourth-order valence-electron chi connectivity index (χ4n) is 1.43. The molecule has 0 aromatic heterocycles. The van der Waals surface area contributed by atoms with E-state index in [-0.39, 0.29) is 0 Å². The van der Waals surface area contributed by atoms with Crippen molar-refractivity contribution in [3.63, 3.8) is 0 Å². The lowest BCUT2D eigenvalue weighted by Crippen LogP contribution is -2.21. The number of aryl methyl sites for hydroxylation is 1. The maximum absolute atomic E-state index is 5.65. The molecule has 15 heavy (non-hydrogen) atoms. The summed E-state index contributed by atoms with van der Waals surface area (Å²) in [5.41, 5.74) is 1.25. The lowest BCUT2D eigenvalue weighted by atomic mass is 10.2. The summed E-state index contributed by atoms with van der Waals surface area (Å²) in [5, 5.41) is 3.22. The zero-order valence-corrected chi connectivity index (χ0v) is 9.92. The van der Waals surface area contributed by atoms with Crippen LogP contribution in [-0.4, -0.2) is 19.7 Å². The Hall–Kier alpha value is -1.02. The van der Waals surface area contributed by atoms with Crippen LogP contribution in [0.4, 0.5) is 0 Å². The molecule has 2 nitrogen and oxygen atoms in total. The van der Waals surface area contributed by atoms with Crippen LogP contribution in [0.25, 0.3) is 0 Å². The number of rotatable bonds is 6. The fourth-order valence-corrected chi connectivity index (χ4v) is 1.43. The lowest BCUT2D eigenvalue weighted by molar-refractivity contribution is 0.299. The first kappa shape index (κ1) is 12.1. The van der Waals surface area contributed by atoms with Gasteiger partial charge in [0.2, 0.25) is 0 Å². The molecular weight excluding hydrogens is 186 g/mol. The van der Waals surface area contributed by atoms with E-state index >= 15 is 0 Å². The van der Waals surface area contributed by atoms with E-state index in [1.165, 1.54) is 5.56 Å². The van der Waals surface area contributed by atoms with Gasteiger partial charge in [0.05, 0.1) is 6.61 Å². The Kier molecular flexibility index (Phi) is 5.19. The van der Waals surface area contributed by atoms with Crippen LogP contribution in [0.2, 0.25) is 0 Å². The van der Waals surface area contributed by atoms with Gasteiger partial charge in [0.15, 0.2) is 0 Å². The van der Waals surface area contributed by atoms with Gasteiger partial charge in [0.25, 0.3) is 0 Å². The molecule has 1 aromatic rings. The first-order valence-electron chi connectivity index (χ1n) is 5.59. The summed E-state index contributed by atoms with van der Waals surface area (Å²) in [7, 11) is 1.99. The number of benzene rings is 1. The molecule has 0 aliphatic rings. The topological polar surface area (TPSA) is 21.3 Å². The standard InChI is InChI=1S/C13H21NO/c1-11-6-4-8-13(10-11)15-9-5-7-12(2)14-3/h4,6,8,10,12,14H,5,7,9H2,1-3H3. The molecule has 0 aliphatic heterocycles. The molecule has 1 N–H and O–H groups in total. The minimum absolute atomic E-state index is 0.575. The Bertz CT molecular complexity index is 286. The highest BCUT2D eigenvalue weighted by Crippen LogP contribution is 2.12. The molecule has 0 radical (unpaired) electrons. The third-order valence-electron chi connectivity index (χ3n) is 2.53. The van der Waals surface area contributed by atoms with Gasteiger partial charge in [-0.1, -0.05) is 12.1 Å². The SMILES string of the molecule is CNC(C)CCCOc1cccc(C)c1. The molecule has 0 spiro atoms. The van der Waals surface area contributed by atoms with E-state index in [1.54, 1.807) is 0 Å². The van der Waals surface area contributed by atoms with E-state index in [4.69, 9.17) is 4.74 Å². The van der Waals surface area contributed by atoms with Crippen LogP contribution in [0.15, 0.2) is 24.3 Å². The molecule has 0 saturated heterocycles. The Morgan fingerprint density at radius 1 is 1.40 bits per heavy atom. The molecule has 0 aliphatic carbocycles. The van der Waals surface area contributed by atoms with E-state index in [0.29, 0.717) is 6.04 Å².